The average molecular weight is 413 g/mol. The molecule has 0 spiro atoms. The molecule has 3 aromatic carbocycles. The Morgan fingerprint density at radius 2 is 1.58 bits per heavy atom. The summed E-state index contributed by atoms with van der Waals surface area (Å²) in [4.78, 5) is 12.5. The monoisotopic (exact) mass is 412 g/mol. The Morgan fingerprint density at radius 1 is 0.935 bits per heavy atom. The van der Waals surface area contributed by atoms with Gasteiger partial charge in [-0.1, -0.05) is 49.5 Å². The summed E-state index contributed by atoms with van der Waals surface area (Å²) in [6, 6.07) is 23.1. The van der Waals surface area contributed by atoms with E-state index in [1.165, 1.54) is 18.4 Å². The number of hydrogen-bond acceptors (Lipinski definition) is 3. The molecular weight excluding hydrogens is 384 g/mol. The van der Waals surface area contributed by atoms with Crippen LogP contribution in [0.1, 0.15) is 65.4 Å². The highest BCUT2D eigenvalue weighted by atomic mass is 16.5. The van der Waals surface area contributed by atoms with Crippen molar-refractivity contribution >= 4 is 5.97 Å². The first-order valence-corrected chi connectivity index (χ1v) is 10.6. The van der Waals surface area contributed by atoms with Crippen LogP contribution in [0.4, 0.5) is 0 Å². The highest BCUT2D eigenvalue weighted by Crippen LogP contribution is 2.22. The molecule has 31 heavy (non-hydrogen) atoms. The molecule has 3 heteroatoms. The van der Waals surface area contributed by atoms with Crippen LogP contribution < -0.4 is 4.74 Å². The zero-order valence-corrected chi connectivity index (χ0v) is 18.4. The van der Waals surface area contributed by atoms with Gasteiger partial charge in [-0.15, -0.1) is 0 Å². The molecule has 0 aromatic heterocycles. The number of hydrogen-bond donors (Lipinski definition) is 0. The number of rotatable bonds is 7. The van der Waals surface area contributed by atoms with Crippen LogP contribution in [0.15, 0.2) is 72.8 Å². The quantitative estimate of drug-likeness (QED) is 0.335. The maximum Gasteiger partial charge on any atom is 0.338 e. The molecule has 158 valence electrons. The van der Waals surface area contributed by atoms with Crippen LogP contribution in [0.3, 0.4) is 0 Å². The van der Waals surface area contributed by atoms with Gasteiger partial charge < -0.3 is 9.47 Å². The first kappa shape index (κ1) is 22.2. The van der Waals surface area contributed by atoms with Gasteiger partial charge in [-0.25, -0.2) is 4.79 Å². The van der Waals surface area contributed by atoms with Gasteiger partial charge in [0.15, 0.2) is 0 Å². The van der Waals surface area contributed by atoms with Gasteiger partial charge in [-0.2, -0.15) is 0 Å². The molecule has 1 atom stereocenters. The molecule has 3 nitrogen and oxygen atoms in total. The van der Waals surface area contributed by atoms with Crippen molar-refractivity contribution in [2.24, 2.45) is 0 Å². The molecule has 0 saturated heterocycles. The molecule has 0 aliphatic heterocycles. The van der Waals surface area contributed by atoms with Crippen LogP contribution in [0.2, 0.25) is 0 Å². The summed E-state index contributed by atoms with van der Waals surface area (Å²) >= 11 is 0. The summed E-state index contributed by atoms with van der Waals surface area (Å²) in [5.74, 6) is 6.70. The zero-order valence-electron chi connectivity index (χ0n) is 18.4. The second-order valence-electron chi connectivity index (χ2n) is 7.45. The largest absolute Gasteiger partial charge is 0.497 e. The van der Waals surface area contributed by atoms with E-state index < -0.39 is 0 Å². The van der Waals surface area contributed by atoms with E-state index in [0.717, 1.165) is 28.9 Å². The summed E-state index contributed by atoms with van der Waals surface area (Å²) < 4.78 is 10.8. The van der Waals surface area contributed by atoms with E-state index in [1.807, 2.05) is 43.3 Å². The molecule has 0 N–H and O–H groups in total. The van der Waals surface area contributed by atoms with Crippen LogP contribution in [0.5, 0.6) is 5.75 Å². The van der Waals surface area contributed by atoms with Crippen LogP contribution in [-0.2, 0) is 11.2 Å². The highest BCUT2D eigenvalue weighted by molar-refractivity contribution is 5.89. The van der Waals surface area contributed by atoms with Crippen molar-refractivity contribution in [1.82, 2.24) is 0 Å². The lowest BCUT2D eigenvalue weighted by Crippen LogP contribution is -2.09. The highest BCUT2D eigenvalue weighted by Gasteiger charge is 2.14. The van der Waals surface area contributed by atoms with Gasteiger partial charge in [-0.3, -0.25) is 0 Å². The average Bonchev–Trinajstić information content (AvgIpc) is 2.82. The van der Waals surface area contributed by atoms with Gasteiger partial charge in [0.05, 0.1) is 12.7 Å². The summed E-state index contributed by atoms with van der Waals surface area (Å²) in [6.07, 6.45) is 3.14. The topological polar surface area (TPSA) is 35.5 Å². The Kier molecular flexibility index (Phi) is 7.90. The minimum absolute atomic E-state index is 0.363. The molecule has 3 aromatic rings. The van der Waals surface area contributed by atoms with E-state index in [2.05, 4.69) is 43.0 Å². The number of carbonyl (C=O) groups is 1. The van der Waals surface area contributed by atoms with Crippen LogP contribution in [0, 0.1) is 11.8 Å². The fourth-order valence-corrected chi connectivity index (χ4v) is 3.16. The van der Waals surface area contributed by atoms with Crippen molar-refractivity contribution in [3.05, 3.63) is 101 Å². The third-order valence-electron chi connectivity index (χ3n) is 5.09. The second-order valence-corrected chi connectivity index (χ2v) is 7.45. The smallest absolute Gasteiger partial charge is 0.338 e. The predicted molar refractivity (Wildman–Crippen MR) is 124 cm³/mol. The van der Waals surface area contributed by atoms with Crippen LogP contribution >= 0.6 is 0 Å². The normalized spacial score (nSPS) is 11.2. The van der Waals surface area contributed by atoms with E-state index >= 15 is 0 Å². The standard InChI is InChI=1S/C28H28O3/c1-4-5-7-22-10-12-23(13-11-22)14-15-24-16-18-25(19-17-24)28(29)31-21(2)26-8-6-9-27(20-26)30-3/h6,8-13,16-21H,4-5,7H2,1-3H3/t21-/m0/s1. The molecule has 0 amide bonds. The Balaban J connectivity index is 1.61. The fourth-order valence-electron chi connectivity index (χ4n) is 3.16. The van der Waals surface area contributed by atoms with Crippen molar-refractivity contribution in [2.45, 2.75) is 39.2 Å². The molecule has 0 fully saturated rings. The number of unbranched alkanes of at least 4 members (excludes halogenated alkanes) is 1. The van der Waals surface area contributed by atoms with Crippen molar-refractivity contribution in [1.29, 1.82) is 0 Å². The third-order valence-corrected chi connectivity index (χ3v) is 5.09. The van der Waals surface area contributed by atoms with Crippen LogP contribution in [-0.4, -0.2) is 13.1 Å². The van der Waals surface area contributed by atoms with Crippen molar-refractivity contribution in [3.8, 4) is 17.6 Å². The molecule has 0 aliphatic rings. The molecule has 0 heterocycles. The second kappa shape index (κ2) is 11.0. The number of ether oxygens (including phenoxy) is 2. The first-order valence-electron chi connectivity index (χ1n) is 10.6. The van der Waals surface area contributed by atoms with Crippen molar-refractivity contribution in [2.75, 3.05) is 7.11 Å². The Morgan fingerprint density at radius 3 is 2.19 bits per heavy atom. The van der Waals surface area contributed by atoms with Crippen molar-refractivity contribution < 1.29 is 14.3 Å². The molecule has 3 rings (SSSR count). The predicted octanol–water partition coefficient (Wildman–Crippen LogP) is 6.36. The number of methoxy groups -OCH3 is 1. The summed E-state index contributed by atoms with van der Waals surface area (Å²) in [5, 5.41) is 0. The number of carbonyl (C=O) groups excluding carboxylic acids is 1. The third kappa shape index (κ3) is 6.49. The van der Waals surface area contributed by atoms with Crippen molar-refractivity contribution in [3.63, 3.8) is 0 Å². The molecule has 0 bridgehead atoms. The lowest BCUT2D eigenvalue weighted by atomic mass is 10.1. The van der Waals surface area contributed by atoms with E-state index in [1.54, 1.807) is 19.2 Å². The zero-order chi connectivity index (χ0) is 22.1. The maximum atomic E-state index is 12.5. The van der Waals surface area contributed by atoms with Gasteiger partial charge in [0.1, 0.15) is 11.9 Å². The Hall–Kier alpha value is -3.51. The van der Waals surface area contributed by atoms with E-state index in [4.69, 9.17) is 9.47 Å². The van der Waals surface area contributed by atoms with E-state index in [0.29, 0.717) is 5.56 Å². The molecule has 0 saturated carbocycles. The summed E-state index contributed by atoms with van der Waals surface area (Å²) in [5.41, 5.74) is 4.57. The van der Waals surface area contributed by atoms with Gasteiger partial charge in [0, 0.05) is 11.1 Å². The van der Waals surface area contributed by atoms with E-state index in [9.17, 15) is 4.79 Å². The SMILES string of the molecule is CCCCc1ccc(C#Cc2ccc(C(=O)O[C@@H](C)c3cccc(OC)c3)cc2)cc1. The van der Waals surface area contributed by atoms with Gasteiger partial charge in [-0.05, 0) is 79.4 Å². The maximum absolute atomic E-state index is 12.5. The lowest BCUT2D eigenvalue weighted by Gasteiger charge is -2.14. The number of esters is 1. The molecule has 0 unspecified atom stereocenters. The Labute approximate surface area is 185 Å². The van der Waals surface area contributed by atoms with Gasteiger partial charge >= 0.3 is 5.97 Å². The number of benzene rings is 3. The van der Waals surface area contributed by atoms with Crippen LogP contribution in [0.25, 0.3) is 0 Å². The Bertz CT molecular complexity index is 1050. The fraction of sp³-hybridized carbons (Fsp3) is 0.250. The molecule has 0 radical (unpaired) electrons. The minimum atomic E-state index is -0.373. The van der Waals surface area contributed by atoms with E-state index in [-0.39, 0.29) is 12.1 Å². The number of aryl methyl sites for hydroxylation is 1. The lowest BCUT2D eigenvalue weighted by molar-refractivity contribution is 0.0337. The summed E-state index contributed by atoms with van der Waals surface area (Å²) in [7, 11) is 1.61. The molecular formula is C28H28O3. The minimum Gasteiger partial charge on any atom is -0.497 e. The first-order chi connectivity index (χ1) is 15.1. The summed E-state index contributed by atoms with van der Waals surface area (Å²) in [6.45, 7) is 4.05. The molecule has 0 aliphatic carbocycles. The van der Waals surface area contributed by atoms with Gasteiger partial charge in [0.25, 0.3) is 0 Å². The van der Waals surface area contributed by atoms with Gasteiger partial charge in [0.2, 0.25) is 0 Å².